The van der Waals surface area contributed by atoms with Gasteiger partial charge in [-0.2, -0.15) is 0 Å². The minimum Gasteiger partial charge on any atom is -0.300 e. The van der Waals surface area contributed by atoms with Crippen molar-refractivity contribution in [3.05, 3.63) is 0 Å². The van der Waals surface area contributed by atoms with Gasteiger partial charge < -0.3 is 0 Å². The number of nitrogens with zero attached hydrogens (tertiary/aromatic N) is 1. The van der Waals surface area contributed by atoms with Crippen LogP contribution < -0.4 is 5.32 Å². The molecule has 2 amide bonds. The Kier molecular flexibility index (Phi) is 2.42. The van der Waals surface area contributed by atoms with Crippen LogP contribution in [0.1, 0.15) is 27.7 Å². The van der Waals surface area contributed by atoms with E-state index in [9.17, 15) is 4.79 Å². The van der Waals surface area contributed by atoms with Crippen LogP contribution in [0, 0.1) is 0 Å². The van der Waals surface area contributed by atoms with E-state index < -0.39 is 0 Å². The van der Waals surface area contributed by atoms with Crippen molar-refractivity contribution in [3.8, 4) is 0 Å². The maximum atomic E-state index is 11.6. The van der Waals surface area contributed by atoms with E-state index in [0.717, 1.165) is 13.1 Å². The molecular formula is C9H19N2O+. The third kappa shape index (κ3) is 1.12. The number of amides is 2. The minimum absolute atomic E-state index is 0.194. The van der Waals surface area contributed by atoms with Crippen LogP contribution in [0.25, 0.3) is 0 Å². The van der Waals surface area contributed by atoms with E-state index in [2.05, 4.69) is 33.0 Å². The van der Waals surface area contributed by atoms with Gasteiger partial charge in [0.15, 0.2) is 0 Å². The van der Waals surface area contributed by atoms with E-state index in [-0.39, 0.29) is 6.03 Å². The fourth-order valence-electron chi connectivity index (χ4n) is 2.18. The van der Waals surface area contributed by atoms with E-state index in [0.29, 0.717) is 16.6 Å². The first-order valence-electron chi connectivity index (χ1n) is 4.67. The Balaban J connectivity index is 2.93. The number of nitrogens with one attached hydrogen (secondary N) is 1. The summed E-state index contributed by atoms with van der Waals surface area (Å²) in [6, 6.07) is 0.958. The predicted molar refractivity (Wildman–Crippen MR) is 48.8 cm³/mol. The minimum atomic E-state index is 0.194. The van der Waals surface area contributed by atoms with Crippen LogP contribution in [0.2, 0.25) is 0 Å². The van der Waals surface area contributed by atoms with Gasteiger partial charge in [0.05, 0.1) is 18.6 Å². The summed E-state index contributed by atoms with van der Waals surface area (Å²) in [5, 5.41) is 2.91. The Hall–Kier alpha value is -0.570. The topological polar surface area (TPSA) is 29.1 Å². The Bertz CT molecular complexity index is 179. The van der Waals surface area contributed by atoms with E-state index in [1.807, 2.05) is 0 Å². The highest BCUT2D eigenvalue weighted by Gasteiger charge is 2.46. The zero-order valence-corrected chi connectivity index (χ0v) is 8.42. The summed E-state index contributed by atoms with van der Waals surface area (Å²) >= 11 is 0. The van der Waals surface area contributed by atoms with E-state index in [4.69, 9.17) is 0 Å². The van der Waals surface area contributed by atoms with Crippen LogP contribution in [0.5, 0.6) is 0 Å². The van der Waals surface area contributed by atoms with Gasteiger partial charge in [-0.15, -0.1) is 0 Å². The van der Waals surface area contributed by atoms with E-state index >= 15 is 0 Å². The van der Waals surface area contributed by atoms with Crippen LogP contribution in [0.4, 0.5) is 4.79 Å². The quantitative estimate of drug-likeness (QED) is 0.624. The van der Waals surface area contributed by atoms with Crippen LogP contribution in [-0.2, 0) is 0 Å². The molecule has 3 nitrogen and oxygen atoms in total. The molecule has 0 radical (unpaired) electrons. The van der Waals surface area contributed by atoms with Gasteiger partial charge in [-0.3, -0.25) is 5.32 Å². The lowest BCUT2D eigenvalue weighted by molar-refractivity contribution is -0.883. The highest BCUT2D eigenvalue weighted by atomic mass is 16.2. The summed E-state index contributed by atoms with van der Waals surface area (Å²) in [5.41, 5.74) is 0. The smallest absolute Gasteiger partial charge is 0.300 e. The lowest BCUT2D eigenvalue weighted by Gasteiger charge is -2.37. The molecule has 0 aromatic carbocycles. The summed E-state index contributed by atoms with van der Waals surface area (Å²) in [6.07, 6.45) is 0. The van der Waals surface area contributed by atoms with Crippen molar-refractivity contribution in [2.75, 3.05) is 13.1 Å². The molecule has 0 spiro atoms. The number of carbonyl (C=O) groups excluding carboxylic acids is 1. The molecule has 70 valence electrons. The van der Waals surface area contributed by atoms with Crippen molar-refractivity contribution in [2.24, 2.45) is 0 Å². The molecule has 0 unspecified atom stereocenters. The Morgan fingerprint density at radius 1 is 1.25 bits per heavy atom. The van der Waals surface area contributed by atoms with Gasteiger partial charge in [0.25, 0.3) is 0 Å². The molecule has 0 aliphatic carbocycles. The average Bonchev–Trinajstić information content (AvgIpc) is 2.31. The zero-order valence-electron chi connectivity index (χ0n) is 8.42. The van der Waals surface area contributed by atoms with Gasteiger partial charge in [0.2, 0.25) is 0 Å². The maximum Gasteiger partial charge on any atom is 0.417 e. The molecule has 0 saturated carbocycles. The zero-order chi connectivity index (χ0) is 9.35. The fraction of sp³-hybridized carbons (Fsp3) is 0.889. The van der Waals surface area contributed by atoms with Crippen LogP contribution in [0.15, 0.2) is 0 Å². The summed E-state index contributed by atoms with van der Waals surface area (Å²) in [5.74, 6) is 0. The molecule has 0 bridgehead atoms. The number of urea groups is 1. The highest BCUT2D eigenvalue weighted by molar-refractivity contribution is 5.68. The molecule has 1 aliphatic rings. The summed E-state index contributed by atoms with van der Waals surface area (Å²) < 4.78 is 0.597. The van der Waals surface area contributed by atoms with Gasteiger partial charge >= 0.3 is 6.03 Å². The van der Waals surface area contributed by atoms with Gasteiger partial charge in [0.1, 0.15) is 6.54 Å². The summed E-state index contributed by atoms with van der Waals surface area (Å²) in [7, 11) is 0. The summed E-state index contributed by atoms with van der Waals surface area (Å²) in [6.45, 7) is 10.2. The third-order valence-corrected chi connectivity index (χ3v) is 2.98. The van der Waals surface area contributed by atoms with Crippen LogP contribution >= 0.6 is 0 Å². The molecule has 1 N–H and O–H groups in total. The molecule has 12 heavy (non-hydrogen) atoms. The van der Waals surface area contributed by atoms with E-state index in [1.165, 1.54) is 0 Å². The van der Waals surface area contributed by atoms with Gasteiger partial charge in [0, 0.05) is 0 Å². The lowest BCUT2D eigenvalue weighted by atomic mass is 10.1. The van der Waals surface area contributed by atoms with Crippen molar-refractivity contribution in [1.82, 2.24) is 5.32 Å². The lowest BCUT2D eigenvalue weighted by Crippen LogP contribution is -2.59. The third-order valence-electron chi connectivity index (χ3n) is 2.98. The predicted octanol–water partition coefficient (Wildman–Crippen LogP) is 1.34. The first-order valence-corrected chi connectivity index (χ1v) is 4.67. The molecule has 0 atom stereocenters. The van der Waals surface area contributed by atoms with Crippen LogP contribution in [-0.4, -0.2) is 35.7 Å². The van der Waals surface area contributed by atoms with Crippen molar-refractivity contribution < 1.29 is 9.28 Å². The molecule has 1 fully saturated rings. The molecule has 1 rings (SSSR count). The second-order valence-corrected chi connectivity index (χ2v) is 4.07. The van der Waals surface area contributed by atoms with Crippen molar-refractivity contribution in [2.45, 2.75) is 39.8 Å². The van der Waals surface area contributed by atoms with Gasteiger partial charge in [-0.1, -0.05) is 0 Å². The number of rotatable bonds is 2. The molecule has 1 heterocycles. The van der Waals surface area contributed by atoms with Crippen molar-refractivity contribution in [3.63, 3.8) is 0 Å². The highest BCUT2D eigenvalue weighted by Crippen LogP contribution is 2.22. The second-order valence-electron chi connectivity index (χ2n) is 4.07. The van der Waals surface area contributed by atoms with Crippen molar-refractivity contribution in [1.29, 1.82) is 0 Å². The Labute approximate surface area is 74.3 Å². The fourth-order valence-corrected chi connectivity index (χ4v) is 2.18. The normalized spacial score (nSPS) is 22.0. The molecule has 1 saturated heterocycles. The standard InChI is InChI=1S/C9H18N2O/c1-7(2)11(8(3)4)6-5-10-9(11)12/h7-8H,5-6H2,1-4H3/p+1. The average molecular weight is 171 g/mol. The van der Waals surface area contributed by atoms with Crippen molar-refractivity contribution >= 4 is 6.03 Å². The molecule has 0 aromatic heterocycles. The van der Waals surface area contributed by atoms with Gasteiger partial charge in [-0.25, -0.2) is 9.28 Å². The molecule has 3 heteroatoms. The number of hydrogen-bond donors (Lipinski definition) is 1. The number of hydrogen-bond acceptors (Lipinski definition) is 1. The molecular weight excluding hydrogens is 152 g/mol. The number of quaternary nitrogens is 1. The maximum absolute atomic E-state index is 11.6. The largest absolute Gasteiger partial charge is 0.417 e. The first kappa shape index (κ1) is 9.52. The van der Waals surface area contributed by atoms with Gasteiger partial charge in [-0.05, 0) is 27.7 Å². The van der Waals surface area contributed by atoms with E-state index in [1.54, 1.807) is 0 Å². The Morgan fingerprint density at radius 3 is 1.92 bits per heavy atom. The monoisotopic (exact) mass is 171 g/mol. The second kappa shape index (κ2) is 3.05. The SMILES string of the molecule is CC(C)[N+]1(C(C)C)CCNC1=O. The molecule has 1 aliphatic heterocycles. The summed E-state index contributed by atoms with van der Waals surface area (Å²) in [4.78, 5) is 11.6. The Morgan fingerprint density at radius 2 is 1.75 bits per heavy atom. The molecule has 0 aromatic rings. The first-order chi connectivity index (χ1) is 5.51. The van der Waals surface area contributed by atoms with Crippen LogP contribution in [0.3, 0.4) is 0 Å². The number of carbonyl (C=O) groups is 1.